The van der Waals surface area contributed by atoms with E-state index in [2.05, 4.69) is 52.3 Å². The van der Waals surface area contributed by atoms with Crippen LogP contribution in [0.2, 0.25) is 5.02 Å². The maximum absolute atomic E-state index is 6.32. The summed E-state index contributed by atoms with van der Waals surface area (Å²) in [6.45, 7) is 2.04. The molecule has 2 rings (SSSR count). The van der Waals surface area contributed by atoms with E-state index in [1.54, 1.807) is 0 Å². The first-order chi connectivity index (χ1) is 8.18. The monoisotopic (exact) mass is 308 g/mol. The fraction of sp³-hybridized carbons (Fsp3) is 0.200. The third-order valence-corrected chi connectivity index (χ3v) is 4.15. The number of alkyl halides is 1. The third kappa shape index (κ3) is 3.11. The van der Waals surface area contributed by atoms with E-state index in [4.69, 9.17) is 11.6 Å². The molecule has 1 unspecified atom stereocenters. The van der Waals surface area contributed by atoms with Crippen LogP contribution in [0.25, 0.3) is 0 Å². The first-order valence-electron chi connectivity index (χ1n) is 5.61. The van der Waals surface area contributed by atoms with Gasteiger partial charge in [0.1, 0.15) is 0 Å². The molecule has 17 heavy (non-hydrogen) atoms. The molecule has 0 aliphatic heterocycles. The zero-order valence-electron chi connectivity index (χ0n) is 9.66. The number of hydrogen-bond acceptors (Lipinski definition) is 0. The van der Waals surface area contributed by atoms with Crippen LogP contribution in [0.4, 0.5) is 0 Å². The zero-order chi connectivity index (χ0) is 12.3. The highest BCUT2D eigenvalue weighted by Gasteiger charge is 2.12. The van der Waals surface area contributed by atoms with Gasteiger partial charge in [0, 0.05) is 9.85 Å². The van der Waals surface area contributed by atoms with Gasteiger partial charge in [0.25, 0.3) is 0 Å². The van der Waals surface area contributed by atoms with Crippen molar-refractivity contribution in [1.29, 1.82) is 0 Å². The van der Waals surface area contributed by atoms with Gasteiger partial charge in [0.2, 0.25) is 0 Å². The van der Waals surface area contributed by atoms with E-state index in [-0.39, 0.29) is 4.83 Å². The molecule has 0 radical (unpaired) electrons. The second-order valence-electron chi connectivity index (χ2n) is 4.14. The molecule has 0 nitrogen and oxygen atoms in total. The molecule has 0 aliphatic carbocycles. The Morgan fingerprint density at radius 3 is 2.47 bits per heavy atom. The standard InChI is InChI=1S/C15H14BrCl/c1-11-6-5-9-13(15(11)17)14(16)10-12-7-3-2-4-8-12/h2-9,14H,10H2,1H3. The van der Waals surface area contributed by atoms with Crippen LogP contribution in [0.5, 0.6) is 0 Å². The van der Waals surface area contributed by atoms with Crippen molar-refractivity contribution in [2.45, 2.75) is 18.2 Å². The lowest BCUT2D eigenvalue weighted by Gasteiger charge is -2.13. The molecule has 0 spiro atoms. The quantitative estimate of drug-likeness (QED) is 0.672. The fourth-order valence-electron chi connectivity index (χ4n) is 1.84. The number of hydrogen-bond donors (Lipinski definition) is 0. The van der Waals surface area contributed by atoms with Crippen molar-refractivity contribution in [3.63, 3.8) is 0 Å². The average molecular weight is 310 g/mol. The lowest BCUT2D eigenvalue weighted by Crippen LogP contribution is -1.97. The van der Waals surface area contributed by atoms with E-state index in [9.17, 15) is 0 Å². The minimum absolute atomic E-state index is 0.261. The molecule has 0 amide bonds. The summed E-state index contributed by atoms with van der Waals surface area (Å²) in [5, 5.41) is 0.866. The van der Waals surface area contributed by atoms with Gasteiger partial charge >= 0.3 is 0 Å². The molecule has 1 atom stereocenters. The number of aryl methyl sites for hydroxylation is 1. The summed E-state index contributed by atoms with van der Waals surface area (Å²) in [5.74, 6) is 0. The van der Waals surface area contributed by atoms with Gasteiger partial charge in [-0.2, -0.15) is 0 Å². The van der Waals surface area contributed by atoms with Gasteiger partial charge in [-0.1, -0.05) is 76.1 Å². The van der Waals surface area contributed by atoms with Crippen LogP contribution in [-0.2, 0) is 6.42 Å². The van der Waals surface area contributed by atoms with Crippen molar-refractivity contribution in [3.8, 4) is 0 Å². The van der Waals surface area contributed by atoms with Crippen LogP contribution in [0, 0.1) is 6.92 Å². The molecule has 2 aromatic rings. The van der Waals surface area contributed by atoms with Crippen molar-refractivity contribution in [2.75, 3.05) is 0 Å². The minimum atomic E-state index is 0.261. The van der Waals surface area contributed by atoms with Gasteiger partial charge < -0.3 is 0 Å². The summed E-state index contributed by atoms with van der Waals surface area (Å²) in [6, 6.07) is 16.6. The highest BCUT2D eigenvalue weighted by molar-refractivity contribution is 9.09. The van der Waals surface area contributed by atoms with Crippen LogP contribution in [0.15, 0.2) is 48.5 Å². The molecule has 0 saturated heterocycles. The topological polar surface area (TPSA) is 0 Å². The second-order valence-corrected chi connectivity index (χ2v) is 5.62. The van der Waals surface area contributed by atoms with Crippen LogP contribution in [-0.4, -0.2) is 0 Å². The highest BCUT2D eigenvalue weighted by Crippen LogP contribution is 2.33. The zero-order valence-corrected chi connectivity index (χ0v) is 12.0. The van der Waals surface area contributed by atoms with Crippen LogP contribution < -0.4 is 0 Å². The van der Waals surface area contributed by atoms with Gasteiger partial charge in [-0.15, -0.1) is 0 Å². The SMILES string of the molecule is Cc1cccc(C(Br)Cc2ccccc2)c1Cl. The Morgan fingerprint density at radius 2 is 1.76 bits per heavy atom. The minimum Gasteiger partial charge on any atom is -0.0837 e. The van der Waals surface area contributed by atoms with E-state index >= 15 is 0 Å². The van der Waals surface area contributed by atoms with Gasteiger partial charge in [0.15, 0.2) is 0 Å². The molecule has 0 saturated carbocycles. The normalized spacial score (nSPS) is 12.4. The Morgan fingerprint density at radius 1 is 1.06 bits per heavy atom. The lowest BCUT2D eigenvalue weighted by atomic mass is 10.0. The van der Waals surface area contributed by atoms with E-state index in [1.807, 2.05) is 19.1 Å². The molecule has 88 valence electrons. The number of rotatable bonds is 3. The Balaban J connectivity index is 2.20. The van der Waals surface area contributed by atoms with E-state index in [1.165, 1.54) is 5.56 Å². The Kier molecular flexibility index (Phi) is 4.25. The van der Waals surface area contributed by atoms with Crippen molar-refractivity contribution in [3.05, 3.63) is 70.2 Å². The van der Waals surface area contributed by atoms with Crippen LogP contribution in [0.1, 0.15) is 21.5 Å². The first kappa shape index (κ1) is 12.7. The molecule has 0 heterocycles. The van der Waals surface area contributed by atoms with Gasteiger partial charge in [-0.25, -0.2) is 0 Å². The summed E-state index contributed by atoms with van der Waals surface area (Å²) in [4.78, 5) is 0.261. The van der Waals surface area contributed by atoms with Crippen molar-refractivity contribution < 1.29 is 0 Å². The van der Waals surface area contributed by atoms with Crippen molar-refractivity contribution >= 4 is 27.5 Å². The fourth-order valence-corrected chi connectivity index (χ4v) is 2.99. The number of benzene rings is 2. The molecule has 2 heteroatoms. The third-order valence-electron chi connectivity index (χ3n) is 2.82. The maximum atomic E-state index is 6.32. The maximum Gasteiger partial charge on any atom is 0.0478 e. The molecule has 0 fully saturated rings. The summed E-state index contributed by atoms with van der Waals surface area (Å²) < 4.78 is 0. The van der Waals surface area contributed by atoms with Crippen molar-refractivity contribution in [1.82, 2.24) is 0 Å². The summed E-state index contributed by atoms with van der Waals surface area (Å²) in [7, 11) is 0. The summed E-state index contributed by atoms with van der Waals surface area (Å²) >= 11 is 10.0. The lowest BCUT2D eigenvalue weighted by molar-refractivity contribution is 0.947. The molecular weight excluding hydrogens is 296 g/mol. The summed E-state index contributed by atoms with van der Waals surface area (Å²) in [5.41, 5.74) is 3.60. The predicted octanol–water partition coefficient (Wildman–Crippen LogP) is 5.33. The first-order valence-corrected chi connectivity index (χ1v) is 6.91. The Labute approximate surface area is 116 Å². The second kappa shape index (κ2) is 5.70. The predicted molar refractivity (Wildman–Crippen MR) is 78.0 cm³/mol. The van der Waals surface area contributed by atoms with E-state index < -0.39 is 0 Å². The molecule has 0 aliphatic rings. The smallest absolute Gasteiger partial charge is 0.0478 e. The van der Waals surface area contributed by atoms with Crippen LogP contribution >= 0.6 is 27.5 Å². The Bertz CT molecular complexity index is 494. The largest absolute Gasteiger partial charge is 0.0837 e. The van der Waals surface area contributed by atoms with Crippen molar-refractivity contribution in [2.24, 2.45) is 0 Å². The highest BCUT2D eigenvalue weighted by atomic mass is 79.9. The van der Waals surface area contributed by atoms with E-state index in [0.717, 1.165) is 22.6 Å². The molecular formula is C15H14BrCl. The summed E-state index contributed by atoms with van der Waals surface area (Å²) in [6.07, 6.45) is 0.948. The van der Waals surface area contributed by atoms with Gasteiger partial charge in [-0.05, 0) is 30.0 Å². The number of halogens is 2. The molecule has 0 N–H and O–H groups in total. The van der Waals surface area contributed by atoms with E-state index in [0.29, 0.717) is 0 Å². The molecule has 0 bridgehead atoms. The average Bonchev–Trinajstić information content (AvgIpc) is 2.34. The van der Waals surface area contributed by atoms with Gasteiger partial charge in [-0.3, -0.25) is 0 Å². The molecule has 2 aromatic carbocycles. The molecule has 0 aromatic heterocycles. The van der Waals surface area contributed by atoms with Gasteiger partial charge in [0.05, 0.1) is 0 Å². The Hall–Kier alpha value is -0.790. The van der Waals surface area contributed by atoms with Crippen LogP contribution in [0.3, 0.4) is 0 Å².